The third-order valence-electron chi connectivity index (χ3n) is 4.63. The van der Waals surface area contributed by atoms with Gasteiger partial charge in [-0.2, -0.15) is 25.6 Å². The van der Waals surface area contributed by atoms with E-state index in [1.807, 2.05) is 0 Å². The third-order valence-corrected chi connectivity index (χ3v) is 7.00. The topological polar surface area (TPSA) is 107 Å². The molecular formula is C21H16F4O7S2. The SMILES string of the molecule is C=Cc1ccc2cc(OS(=O)(=O)C(CC)Oc3c(F)c(F)c(S(=O)(=O)O)c(F)c3F)ccc2c1. The Morgan fingerprint density at radius 3 is 2.03 bits per heavy atom. The molecule has 7 nitrogen and oxygen atoms in total. The normalized spacial score (nSPS) is 13.0. The van der Waals surface area contributed by atoms with Gasteiger partial charge in [0.15, 0.2) is 22.3 Å². The number of benzene rings is 3. The van der Waals surface area contributed by atoms with Crippen LogP contribution in [0.3, 0.4) is 0 Å². The van der Waals surface area contributed by atoms with E-state index in [2.05, 4.69) is 11.3 Å². The van der Waals surface area contributed by atoms with E-state index < -0.39 is 66.0 Å². The van der Waals surface area contributed by atoms with Gasteiger partial charge in [0.25, 0.3) is 0 Å². The second-order valence-electron chi connectivity index (χ2n) is 6.89. The molecule has 0 spiro atoms. The van der Waals surface area contributed by atoms with Crippen molar-refractivity contribution in [3.05, 3.63) is 71.8 Å². The van der Waals surface area contributed by atoms with Crippen LogP contribution in [0.25, 0.3) is 16.8 Å². The summed E-state index contributed by atoms with van der Waals surface area (Å²) >= 11 is 0. The Kier molecular flexibility index (Phi) is 6.92. The highest BCUT2D eigenvalue weighted by Gasteiger charge is 2.36. The standard InChI is InChI=1S/C21H16F4O7S2/c1-3-11-5-6-13-10-14(8-7-12(13)9-11)32-34(29,30)15(4-2)31-20-16(22)18(24)21(33(26,27)28)19(25)17(20)23/h3,5-10,15H,1,4H2,2H3,(H,26,27,28). The lowest BCUT2D eigenvalue weighted by molar-refractivity contribution is 0.222. The minimum absolute atomic E-state index is 0.180. The summed E-state index contributed by atoms with van der Waals surface area (Å²) in [5.74, 6) is -11.7. The van der Waals surface area contributed by atoms with Crippen molar-refractivity contribution in [2.75, 3.05) is 0 Å². The van der Waals surface area contributed by atoms with Crippen molar-refractivity contribution in [2.24, 2.45) is 0 Å². The molecule has 0 aliphatic rings. The molecular weight excluding hydrogens is 504 g/mol. The van der Waals surface area contributed by atoms with Crippen LogP contribution in [0.15, 0.2) is 47.9 Å². The number of fused-ring (bicyclic) bond motifs is 1. The molecule has 1 atom stereocenters. The molecule has 0 amide bonds. The molecule has 0 aliphatic heterocycles. The van der Waals surface area contributed by atoms with Crippen LogP contribution >= 0.6 is 0 Å². The van der Waals surface area contributed by atoms with Crippen molar-refractivity contribution in [3.63, 3.8) is 0 Å². The molecule has 0 saturated heterocycles. The molecule has 0 aliphatic carbocycles. The molecule has 182 valence electrons. The van der Waals surface area contributed by atoms with E-state index in [9.17, 15) is 34.4 Å². The number of ether oxygens (including phenoxy) is 1. The summed E-state index contributed by atoms with van der Waals surface area (Å²) in [6.45, 7) is 4.87. The first-order chi connectivity index (χ1) is 15.8. The van der Waals surface area contributed by atoms with Crippen molar-refractivity contribution in [1.29, 1.82) is 0 Å². The quantitative estimate of drug-likeness (QED) is 0.197. The van der Waals surface area contributed by atoms with Gasteiger partial charge < -0.3 is 8.92 Å². The third kappa shape index (κ3) is 4.86. The molecule has 1 N–H and O–H groups in total. The monoisotopic (exact) mass is 520 g/mol. The van der Waals surface area contributed by atoms with E-state index in [1.54, 1.807) is 30.3 Å². The molecule has 3 aromatic carbocycles. The molecule has 3 rings (SSSR count). The van der Waals surface area contributed by atoms with Crippen LogP contribution in [0.1, 0.15) is 18.9 Å². The maximum absolute atomic E-state index is 14.3. The average molecular weight is 520 g/mol. The molecule has 13 heteroatoms. The largest absolute Gasteiger partial charge is 0.464 e. The second-order valence-corrected chi connectivity index (χ2v) is 9.93. The Morgan fingerprint density at radius 2 is 1.50 bits per heavy atom. The zero-order chi connectivity index (χ0) is 25.4. The highest BCUT2D eigenvalue weighted by molar-refractivity contribution is 7.87. The zero-order valence-electron chi connectivity index (χ0n) is 17.3. The first kappa shape index (κ1) is 25.5. The fourth-order valence-electron chi connectivity index (χ4n) is 3.01. The molecule has 3 aromatic rings. The van der Waals surface area contributed by atoms with E-state index >= 15 is 0 Å². The van der Waals surface area contributed by atoms with Gasteiger partial charge in [-0.05, 0) is 41.0 Å². The summed E-state index contributed by atoms with van der Waals surface area (Å²) in [4.78, 5) is -2.28. The van der Waals surface area contributed by atoms with Crippen molar-refractivity contribution in [1.82, 2.24) is 0 Å². The average Bonchev–Trinajstić information content (AvgIpc) is 2.76. The van der Waals surface area contributed by atoms with Crippen LogP contribution in [-0.4, -0.2) is 26.8 Å². The van der Waals surface area contributed by atoms with E-state index in [1.165, 1.54) is 19.1 Å². The van der Waals surface area contributed by atoms with Gasteiger partial charge in [-0.25, -0.2) is 8.78 Å². The maximum atomic E-state index is 14.3. The van der Waals surface area contributed by atoms with Gasteiger partial charge in [-0.1, -0.05) is 37.8 Å². The molecule has 1 unspecified atom stereocenters. The van der Waals surface area contributed by atoms with E-state index in [-0.39, 0.29) is 5.75 Å². The molecule has 0 heterocycles. The first-order valence-electron chi connectivity index (χ1n) is 9.39. The summed E-state index contributed by atoms with van der Waals surface area (Å²) in [7, 11) is -10.5. The van der Waals surface area contributed by atoms with Gasteiger partial charge in [0.2, 0.25) is 17.1 Å². The zero-order valence-corrected chi connectivity index (χ0v) is 18.9. The van der Waals surface area contributed by atoms with E-state index in [4.69, 9.17) is 8.74 Å². The Morgan fingerprint density at radius 1 is 0.941 bits per heavy atom. The second kappa shape index (κ2) is 9.24. The van der Waals surface area contributed by atoms with Crippen LogP contribution in [0.2, 0.25) is 0 Å². The molecule has 34 heavy (non-hydrogen) atoms. The van der Waals surface area contributed by atoms with Crippen LogP contribution in [0, 0.1) is 23.3 Å². The Hall–Kier alpha value is -3.16. The Balaban J connectivity index is 1.96. The number of rotatable bonds is 8. The van der Waals surface area contributed by atoms with Crippen molar-refractivity contribution >= 4 is 37.1 Å². The van der Waals surface area contributed by atoms with Gasteiger partial charge in [0, 0.05) is 0 Å². The lowest BCUT2D eigenvalue weighted by Crippen LogP contribution is -2.31. The van der Waals surface area contributed by atoms with Crippen molar-refractivity contribution in [2.45, 2.75) is 23.7 Å². The molecule has 0 fully saturated rings. The van der Waals surface area contributed by atoms with Gasteiger partial charge in [0.1, 0.15) is 5.75 Å². The van der Waals surface area contributed by atoms with Crippen molar-refractivity contribution in [3.8, 4) is 11.5 Å². The highest BCUT2D eigenvalue weighted by Crippen LogP contribution is 2.34. The van der Waals surface area contributed by atoms with Crippen molar-refractivity contribution < 1.29 is 47.9 Å². The number of hydrogen-bond donors (Lipinski definition) is 1. The fraction of sp³-hybridized carbons (Fsp3) is 0.143. The minimum Gasteiger partial charge on any atom is -0.464 e. The Labute approximate surface area is 192 Å². The lowest BCUT2D eigenvalue weighted by atomic mass is 10.1. The smallest absolute Gasteiger partial charge is 0.347 e. The fourth-order valence-corrected chi connectivity index (χ4v) is 4.74. The van der Waals surface area contributed by atoms with E-state index in [0.29, 0.717) is 5.39 Å². The maximum Gasteiger partial charge on any atom is 0.347 e. The Bertz CT molecular complexity index is 1470. The summed E-state index contributed by atoms with van der Waals surface area (Å²) in [6, 6.07) is 9.40. The van der Waals surface area contributed by atoms with Gasteiger partial charge >= 0.3 is 20.2 Å². The first-order valence-corrected chi connectivity index (χ1v) is 12.3. The predicted octanol–water partition coefficient (Wildman–Crippen LogP) is 4.81. The predicted molar refractivity (Wildman–Crippen MR) is 114 cm³/mol. The molecule has 0 aromatic heterocycles. The molecule has 0 radical (unpaired) electrons. The van der Waals surface area contributed by atoms with Gasteiger partial charge in [-0.3, -0.25) is 4.55 Å². The summed E-state index contributed by atoms with van der Waals surface area (Å²) in [5, 5.41) is 1.33. The van der Waals surface area contributed by atoms with Gasteiger partial charge in [-0.15, -0.1) is 0 Å². The van der Waals surface area contributed by atoms with E-state index in [0.717, 1.165) is 10.9 Å². The lowest BCUT2D eigenvalue weighted by Gasteiger charge is -2.19. The van der Waals surface area contributed by atoms with Gasteiger partial charge in [0.05, 0.1) is 0 Å². The number of hydrogen-bond acceptors (Lipinski definition) is 6. The summed E-state index contributed by atoms with van der Waals surface area (Å²) in [5.41, 5.74) is -1.33. The minimum atomic E-state index is -5.69. The van der Waals surface area contributed by atoms with Crippen LogP contribution in [0.5, 0.6) is 11.5 Å². The summed E-state index contributed by atoms with van der Waals surface area (Å²) < 4.78 is 122. The molecule has 0 bridgehead atoms. The van der Waals surface area contributed by atoms with Crippen LogP contribution < -0.4 is 8.92 Å². The molecule has 0 saturated carbocycles. The number of halogens is 4. The van der Waals surface area contributed by atoms with Crippen LogP contribution in [-0.2, 0) is 20.2 Å². The summed E-state index contributed by atoms with van der Waals surface area (Å²) in [6.07, 6.45) is 1.13. The highest BCUT2D eigenvalue weighted by atomic mass is 32.2. The van der Waals surface area contributed by atoms with Crippen LogP contribution in [0.4, 0.5) is 17.6 Å².